The van der Waals surface area contributed by atoms with Gasteiger partial charge in [-0.3, -0.25) is 19.4 Å². The molecule has 8 nitrogen and oxygen atoms in total. The highest BCUT2D eigenvalue weighted by Gasteiger charge is 2.36. The lowest BCUT2D eigenvalue weighted by Gasteiger charge is -2.42. The van der Waals surface area contributed by atoms with Crippen LogP contribution in [0.15, 0.2) is 36.4 Å². The zero-order valence-electron chi connectivity index (χ0n) is 18.5. The number of rotatable bonds is 7. The van der Waals surface area contributed by atoms with E-state index in [1.807, 2.05) is 36.9 Å². The SMILES string of the molecule is Cc1ccccc1CN1CCN([C@@H](C)C(=O)NCc2ccc(N)nc2C)C(C(N)=O)C1. The quantitative estimate of drug-likeness (QED) is 0.609. The van der Waals surface area contributed by atoms with E-state index >= 15 is 0 Å². The first kappa shape index (κ1) is 22.7. The molecule has 2 aromatic rings. The predicted octanol–water partition coefficient (Wildman–Crippen LogP) is 0.957. The molecule has 8 heteroatoms. The van der Waals surface area contributed by atoms with Gasteiger partial charge in [-0.05, 0) is 43.5 Å². The number of aromatic nitrogens is 1. The lowest BCUT2D eigenvalue weighted by atomic mass is 10.0. The highest BCUT2D eigenvalue weighted by Crippen LogP contribution is 2.18. The maximum atomic E-state index is 12.8. The van der Waals surface area contributed by atoms with Crippen LogP contribution in [-0.2, 0) is 22.7 Å². The summed E-state index contributed by atoms with van der Waals surface area (Å²) in [5, 5.41) is 2.95. The Labute approximate surface area is 183 Å². The molecule has 2 amide bonds. The average Bonchev–Trinajstić information content (AvgIpc) is 2.74. The van der Waals surface area contributed by atoms with E-state index in [0.29, 0.717) is 25.5 Å². The van der Waals surface area contributed by atoms with E-state index in [2.05, 4.69) is 34.3 Å². The molecule has 5 N–H and O–H groups in total. The van der Waals surface area contributed by atoms with Crippen LogP contribution in [0.3, 0.4) is 0 Å². The molecule has 2 heterocycles. The third kappa shape index (κ3) is 5.59. The first-order chi connectivity index (χ1) is 14.8. The van der Waals surface area contributed by atoms with Crippen LogP contribution in [0.2, 0.25) is 0 Å². The first-order valence-electron chi connectivity index (χ1n) is 10.6. The molecular weight excluding hydrogens is 392 g/mol. The lowest BCUT2D eigenvalue weighted by Crippen LogP contribution is -2.62. The predicted molar refractivity (Wildman–Crippen MR) is 121 cm³/mol. The number of aryl methyl sites for hydroxylation is 2. The van der Waals surface area contributed by atoms with Crippen molar-refractivity contribution in [3.8, 4) is 0 Å². The topological polar surface area (TPSA) is 118 Å². The number of benzene rings is 1. The Bertz CT molecular complexity index is 947. The molecule has 0 saturated carbocycles. The summed E-state index contributed by atoms with van der Waals surface area (Å²) in [5.41, 5.74) is 15.6. The van der Waals surface area contributed by atoms with Gasteiger partial charge in [0.05, 0.1) is 6.04 Å². The average molecular weight is 425 g/mol. The van der Waals surface area contributed by atoms with Crippen LogP contribution in [0.1, 0.15) is 29.3 Å². The molecule has 1 aromatic heterocycles. The van der Waals surface area contributed by atoms with Crippen LogP contribution in [-0.4, -0.2) is 58.3 Å². The molecule has 2 atom stereocenters. The number of amides is 2. The van der Waals surface area contributed by atoms with Gasteiger partial charge in [-0.1, -0.05) is 30.3 Å². The van der Waals surface area contributed by atoms with Gasteiger partial charge in [0, 0.05) is 38.4 Å². The summed E-state index contributed by atoms with van der Waals surface area (Å²) in [4.78, 5) is 33.4. The Morgan fingerprint density at radius 3 is 2.58 bits per heavy atom. The maximum absolute atomic E-state index is 12.8. The van der Waals surface area contributed by atoms with Gasteiger partial charge in [-0.15, -0.1) is 0 Å². The second kappa shape index (κ2) is 9.89. The highest BCUT2D eigenvalue weighted by atomic mass is 16.2. The van der Waals surface area contributed by atoms with E-state index in [-0.39, 0.29) is 5.91 Å². The van der Waals surface area contributed by atoms with E-state index in [1.165, 1.54) is 11.1 Å². The molecule has 1 aliphatic rings. The number of pyridine rings is 1. The fourth-order valence-corrected chi connectivity index (χ4v) is 4.02. The molecule has 1 fully saturated rings. The van der Waals surface area contributed by atoms with E-state index in [1.54, 1.807) is 6.07 Å². The normalized spacial score (nSPS) is 18.5. The molecule has 166 valence electrons. The van der Waals surface area contributed by atoms with Crippen molar-refractivity contribution in [1.82, 2.24) is 20.1 Å². The minimum absolute atomic E-state index is 0.144. The van der Waals surface area contributed by atoms with E-state index in [4.69, 9.17) is 11.5 Å². The number of nitrogen functional groups attached to an aromatic ring is 1. The fourth-order valence-electron chi connectivity index (χ4n) is 4.02. The fraction of sp³-hybridized carbons (Fsp3) is 0.435. The van der Waals surface area contributed by atoms with Crippen LogP contribution in [0.5, 0.6) is 0 Å². The molecule has 0 spiro atoms. The number of piperazine rings is 1. The summed E-state index contributed by atoms with van der Waals surface area (Å²) in [7, 11) is 0. The van der Waals surface area contributed by atoms with Gasteiger partial charge in [0.15, 0.2) is 0 Å². The van der Waals surface area contributed by atoms with Crippen molar-refractivity contribution < 1.29 is 9.59 Å². The number of carbonyl (C=O) groups is 2. The largest absolute Gasteiger partial charge is 0.384 e. The molecular formula is C23H32N6O2. The number of nitrogens with one attached hydrogen (secondary N) is 1. The monoisotopic (exact) mass is 424 g/mol. The summed E-state index contributed by atoms with van der Waals surface area (Å²) in [5.74, 6) is -0.101. The smallest absolute Gasteiger partial charge is 0.237 e. The van der Waals surface area contributed by atoms with Gasteiger partial charge < -0.3 is 16.8 Å². The van der Waals surface area contributed by atoms with Gasteiger partial charge in [0.1, 0.15) is 11.9 Å². The number of hydrogen-bond donors (Lipinski definition) is 3. The summed E-state index contributed by atoms with van der Waals surface area (Å²) >= 11 is 0. The van der Waals surface area contributed by atoms with Crippen molar-refractivity contribution >= 4 is 17.6 Å². The Hall–Kier alpha value is -2.97. The molecule has 0 aliphatic carbocycles. The second-order valence-electron chi connectivity index (χ2n) is 8.19. The van der Waals surface area contributed by atoms with Gasteiger partial charge in [-0.2, -0.15) is 0 Å². The second-order valence-corrected chi connectivity index (χ2v) is 8.19. The summed E-state index contributed by atoms with van der Waals surface area (Å²) in [6.07, 6.45) is 0. The van der Waals surface area contributed by atoms with Crippen LogP contribution in [0.4, 0.5) is 5.82 Å². The number of nitrogens with zero attached hydrogens (tertiary/aromatic N) is 3. The van der Waals surface area contributed by atoms with Crippen LogP contribution < -0.4 is 16.8 Å². The molecule has 31 heavy (non-hydrogen) atoms. The van der Waals surface area contributed by atoms with Crippen molar-refractivity contribution in [3.63, 3.8) is 0 Å². The highest BCUT2D eigenvalue weighted by molar-refractivity contribution is 5.84. The number of anilines is 1. The molecule has 1 unspecified atom stereocenters. The van der Waals surface area contributed by atoms with E-state index in [0.717, 1.165) is 24.3 Å². The molecule has 1 aliphatic heterocycles. The Morgan fingerprint density at radius 2 is 1.90 bits per heavy atom. The number of carbonyl (C=O) groups excluding carboxylic acids is 2. The van der Waals surface area contributed by atoms with Crippen molar-refractivity contribution in [2.24, 2.45) is 5.73 Å². The maximum Gasteiger partial charge on any atom is 0.237 e. The molecule has 0 bridgehead atoms. The Kier molecular flexibility index (Phi) is 7.25. The van der Waals surface area contributed by atoms with Crippen LogP contribution in [0.25, 0.3) is 0 Å². The summed E-state index contributed by atoms with van der Waals surface area (Å²) < 4.78 is 0. The minimum atomic E-state index is -0.515. The first-order valence-corrected chi connectivity index (χ1v) is 10.6. The summed E-state index contributed by atoms with van der Waals surface area (Å²) in [6.45, 7) is 8.73. The van der Waals surface area contributed by atoms with E-state index < -0.39 is 18.0 Å². The Morgan fingerprint density at radius 1 is 1.16 bits per heavy atom. The zero-order chi connectivity index (χ0) is 22.5. The molecule has 1 saturated heterocycles. The van der Waals surface area contributed by atoms with Gasteiger partial charge in [0.2, 0.25) is 11.8 Å². The van der Waals surface area contributed by atoms with Crippen LogP contribution >= 0.6 is 0 Å². The van der Waals surface area contributed by atoms with Crippen LogP contribution in [0, 0.1) is 13.8 Å². The number of nitrogens with two attached hydrogens (primary N) is 2. The van der Waals surface area contributed by atoms with Crippen molar-refractivity contribution in [3.05, 3.63) is 58.8 Å². The summed E-state index contributed by atoms with van der Waals surface area (Å²) in [6, 6.07) is 10.8. The number of primary amides is 1. The van der Waals surface area contributed by atoms with Crippen molar-refractivity contribution in [2.75, 3.05) is 25.4 Å². The molecule has 3 rings (SSSR count). The Balaban J connectivity index is 1.62. The van der Waals surface area contributed by atoms with Gasteiger partial charge in [0.25, 0.3) is 0 Å². The standard InChI is InChI=1S/C23H32N6O2/c1-15-6-4-5-7-19(15)13-28-10-11-29(20(14-28)22(25)30)17(3)23(31)26-12-18-8-9-21(24)27-16(18)2/h4-9,17,20H,10-14H2,1-3H3,(H2,24,27)(H2,25,30)(H,26,31)/t17-,20?/m0/s1. The third-order valence-corrected chi connectivity index (χ3v) is 6.04. The third-order valence-electron chi connectivity index (χ3n) is 6.04. The van der Waals surface area contributed by atoms with Gasteiger partial charge >= 0.3 is 0 Å². The zero-order valence-corrected chi connectivity index (χ0v) is 18.5. The van der Waals surface area contributed by atoms with Gasteiger partial charge in [-0.25, -0.2) is 4.98 Å². The minimum Gasteiger partial charge on any atom is -0.384 e. The van der Waals surface area contributed by atoms with E-state index in [9.17, 15) is 9.59 Å². The van der Waals surface area contributed by atoms with Crippen molar-refractivity contribution in [2.45, 2.75) is 45.9 Å². The lowest BCUT2D eigenvalue weighted by molar-refractivity contribution is -0.133. The van der Waals surface area contributed by atoms with Crippen molar-refractivity contribution in [1.29, 1.82) is 0 Å². The molecule has 0 radical (unpaired) electrons. The number of hydrogen-bond acceptors (Lipinski definition) is 6. The molecule has 1 aromatic carbocycles.